The lowest BCUT2D eigenvalue weighted by atomic mass is 9.98. The summed E-state index contributed by atoms with van der Waals surface area (Å²) < 4.78 is 0. The van der Waals surface area contributed by atoms with Crippen LogP contribution in [0.15, 0.2) is 18.2 Å². The maximum absolute atomic E-state index is 12.7. The average molecular weight is 339 g/mol. The molecule has 118 valence electrons. The predicted octanol–water partition coefficient (Wildman–Crippen LogP) is 3.29. The van der Waals surface area contributed by atoms with Crippen LogP contribution in [0, 0.1) is 17.8 Å². The minimum Gasteiger partial charge on any atom is -0.342 e. The molecule has 2 saturated carbocycles. The number of hydrogen-bond acceptors (Lipinski definition) is 2. The van der Waals surface area contributed by atoms with Crippen molar-refractivity contribution in [2.45, 2.75) is 31.2 Å². The highest BCUT2D eigenvalue weighted by atomic mass is 35.5. The number of rotatable bonds is 2. The number of fused-ring (bicyclic) bond motifs is 1. The molecule has 2 N–H and O–H groups in total. The van der Waals surface area contributed by atoms with Crippen LogP contribution in [0.4, 0.5) is 0 Å². The minimum atomic E-state index is 0.0750. The number of benzene rings is 1. The second-order valence-electron chi connectivity index (χ2n) is 7.00. The summed E-state index contributed by atoms with van der Waals surface area (Å²) in [6.45, 7) is 1.74. The van der Waals surface area contributed by atoms with Gasteiger partial charge in [-0.05, 0) is 48.6 Å². The molecular weight excluding hydrogens is 319 g/mol. The van der Waals surface area contributed by atoms with Crippen LogP contribution in [-0.4, -0.2) is 29.9 Å². The van der Waals surface area contributed by atoms with Crippen molar-refractivity contribution in [1.29, 1.82) is 0 Å². The van der Waals surface area contributed by atoms with Gasteiger partial charge in [-0.3, -0.25) is 4.79 Å². The molecule has 3 nitrogen and oxygen atoms in total. The molecule has 22 heavy (non-hydrogen) atoms. The third kappa shape index (κ3) is 2.34. The summed E-state index contributed by atoms with van der Waals surface area (Å²) in [7, 11) is 0. The molecule has 1 aromatic carbocycles. The number of nitrogens with zero attached hydrogens (tertiary/aromatic N) is 1. The molecule has 3 aliphatic rings. The Bertz CT molecular complexity index is 621. The van der Waals surface area contributed by atoms with E-state index in [4.69, 9.17) is 28.9 Å². The van der Waals surface area contributed by atoms with Crippen molar-refractivity contribution in [1.82, 2.24) is 4.90 Å². The SMILES string of the molecule is NC1CCC2CN(C(=O)C3CC3c3cccc(Cl)c3Cl)CC12. The zero-order valence-electron chi connectivity index (χ0n) is 12.3. The Morgan fingerprint density at radius 3 is 2.82 bits per heavy atom. The Morgan fingerprint density at radius 2 is 2.05 bits per heavy atom. The van der Waals surface area contributed by atoms with Crippen LogP contribution in [0.2, 0.25) is 10.0 Å². The largest absolute Gasteiger partial charge is 0.342 e. The number of amides is 1. The molecule has 0 radical (unpaired) electrons. The van der Waals surface area contributed by atoms with Crippen molar-refractivity contribution in [2.75, 3.05) is 13.1 Å². The fourth-order valence-electron chi connectivity index (χ4n) is 4.34. The minimum absolute atomic E-state index is 0.0750. The molecule has 3 fully saturated rings. The van der Waals surface area contributed by atoms with Gasteiger partial charge in [0, 0.05) is 25.0 Å². The van der Waals surface area contributed by atoms with Gasteiger partial charge in [-0.2, -0.15) is 0 Å². The Morgan fingerprint density at radius 1 is 1.23 bits per heavy atom. The lowest BCUT2D eigenvalue weighted by Crippen LogP contribution is -2.34. The van der Waals surface area contributed by atoms with E-state index >= 15 is 0 Å². The maximum Gasteiger partial charge on any atom is 0.226 e. The Hall–Kier alpha value is -0.770. The Labute approximate surface area is 140 Å². The first-order valence-corrected chi connectivity index (χ1v) is 8.80. The summed E-state index contributed by atoms with van der Waals surface area (Å²) >= 11 is 12.4. The topological polar surface area (TPSA) is 46.3 Å². The van der Waals surface area contributed by atoms with Gasteiger partial charge in [-0.1, -0.05) is 35.3 Å². The standard InChI is InChI=1S/C17H20Cl2N2O/c18-14-3-1-2-10(16(14)19)11-6-12(11)17(22)21-7-9-4-5-15(20)13(9)8-21/h1-3,9,11-13,15H,4-8,20H2. The molecule has 0 aromatic heterocycles. The zero-order valence-corrected chi connectivity index (χ0v) is 13.9. The van der Waals surface area contributed by atoms with Crippen molar-refractivity contribution >= 4 is 29.1 Å². The summed E-state index contributed by atoms with van der Waals surface area (Å²) in [4.78, 5) is 14.8. The first-order chi connectivity index (χ1) is 10.6. The fraction of sp³-hybridized carbons (Fsp3) is 0.588. The second kappa shape index (κ2) is 5.40. The normalized spacial score (nSPS) is 36.5. The zero-order chi connectivity index (χ0) is 15.4. The summed E-state index contributed by atoms with van der Waals surface area (Å²) in [5, 5.41) is 1.17. The molecule has 0 spiro atoms. The third-order valence-corrected chi connectivity index (χ3v) is 6.55. The van der Waals surface area contributed by atoms with Gasteiger partial charge in [0.2, 0.25) is 5.91 Å². The summed E-state index contributed by atoms with van der Waals surface area (Å²) in [5.74, 6) is 1.71. The molecular formula is C17H20Cl2N2O. The molecule has 5 atom stereocenters. The predicted molar refractivity (Wildman–Crippen MR) is 88.1 cm³/mol. The molecule has 1 heterocycles. The van der Waals surface area contributed by atoms with Gasteiger partial charge in [-0.15, -0.1) is 0 Å². The van der Waals surface area contributed by atoms with E-state index in [1.54, 1.807) is 6.07 Å². The van der Waals surface area contributed by atoms with Crippen LogP contribution < -0.4 is 5.73 Å². The van der Waals surface area contributed by atoms with Gasteiger partial charge in [-0.25, -0.2) is 0 Å². The molecule has 1 amide bonds. The molecule has 4 rings (SSSR count). The number of likely N-dealkylation sites (tertiary alicyclic amines) is 1. The maximum atomic E-state index is 12.7. The molecule has 2 aliphatic carbocycles. The van der Waals surface area contributed by atoms with Gasteiger partial charge in [0.15, 0.2) is 0 Å². The molecule has 5 unspecified atom stereocenters. The van der Waals surface area contributed by atoms with E-state index in [0.29, 0.717) is 21.9 Å². The van der Waals surface area contributed by atoms with Crippen LogP contribution in [0.25, 0.3) is 0 Å². The molecule has 1 aliphatic heterocycles. The highest BCUT2D eigenvalue weighted by Gasteiger charge is 2.50. The van der Waals surface area contributed by atoms with Crippen LogP contribution in [0.1, 0.15) is 30.7 Å². The average Bonchev–Trinajstić information content (AvgIpc) is 3.05. The van der Waals surface area contributed by atoms with Gasteiger partial charge >= 0.3 is 0 Å². The van der Waals surface area contributed by atoms with Crippen molar-refractivity contribution < 1.29 is 4.79 Å². The first-order valence-electron chi connectivity index (χ1n) is 8.04. The molecule has 1 aromatic rings. The van der Waals surface area contributed by atoms with Crippen LogP contribution in [0.3, 0.4) is 0 Å². The Kier molecular flexibility index (Phi) is 3.63. The van der Waals surface area contributed by atoms with Crippen molar-refractivity contribution in [3.8, 4) is 0 Å². The van der Waals surface area contributed by atoms with Crippen LogP contribution in [-0.2, 0) is 4.79 Å². The summed E-state index contributed by atoms with van der Waals surface area (Å²) in [6, 6.07) is 5.96. The van der Waals surface area contributed by atoms with E-state index in [0.717, 1.165) is 31.5 Å². The van der Waals surface area contributed by atoms with Crippen LogP contribution >= 0.6 is 23.2 Å². The van der Waals surface area contributed by atoms with E-state index in [9.17, 15) is 4.79 Å². The third-order valence-electron chi connectivity index (χ3n) is 5.71. The number of carbonyl (C=O) groups excluding carboxylic acids is 1. The lowest BCUT2D eigenvalue weighted by molar-refractivity contribution is -0.131. The molecule has 1 saturated heterocycles. The van der Waals surface area contributed by atoms with E-state index < -0.39 is 0 Å². The van der Waals surface area contributed by atoms with E-state index in [2.05, 4.69) is 0 Å². The van der Waals surface area contributed by atoms with Gasteiger partial charge < -0.3 is 10.6 Å². The summed E-state index contributed by atoms with van der Waals surface area (Å²) in [6.07, 6.45) is 3.17. The van der Waals surface area contributed by atoms with Crippen LogP contribution in [0.5, 0.6) is 0 Å². The molecule has 5 heteroatoms. The van der Waals surface area contributed by atoms with E-state index in [-0.39, 0.29) is 23.8 Å². The smallest absolute Gasteiger partial charge is 0.226 e. The summed E-state index contributed by atoms with van der Waals surface area (Å²) in [5.41, 5.74) is 7.18. The van der Waals surface area contributed by atoms with Crippen molar-refractivity contribution in [3.05, 3.63) is 33.8 Å². The quantitative estimate of drug-likeness (QED) is 0.899. The number of carbonyl (C=O) groups is 1. The number of hydrogen-bond donors (Lipinski definition) is 1. The Balaban J connectivity index is 1.44. The lowest BCUT2D eigenvalue weighted by Gasteiger charge is -2.19. The fourth-order valence-corrected chi connectivity index (χ4v) is 4.79. The van der Waals surface area contributed by atoms with Crippen molar-refractivity contribution in [3.63, 3.8) is 0 Å². The first kappa shape index (κ1) is 14.8. The highest BCUT2D eigenvalue weighted by molar-refractivity contribution is 6.42. The van der Waals surface area contributed by atoms with Gasteiger partial charge in [0.1, 0.15) is 0 Å². The highest BCUT2D eigenvalue weighted by Crippen LogP contribution is 2.52. The van der Waals surface area contributed by atoms with E-state index in [1.165, 1.54) is 6.42 Å². The van der Waals surface area contributed by atoms with Crippen molar-refractivity contribution in [2.24, 2.45) is 23.5 Å². The molecule has 0 bridgehead atoms. The van der Waals surface area contributed by atoms with Gasteiger partial charge in [0.25, 0.3) is 0 Å². The van der Waals surface area contributed by atoms with E-state index in [1.807, 2.05) is 17.0 Å². The van der Waals surface area contributed by atoms with Gasteiger partial charge in [0.05, 0.1) is 10.0 Å². The number of halogens is 2. The number of nitrogens with two attached hydrogens (primary N) is 1. The monoisotopic (exact) mass is 338 g/mol. The second-order valence-corrected chi connectivity index (χ2v) is 7.79.